The summed E-state index contributed by atoms with van der Waals surface area (Å²) in [4.78, 5) is 44.2. The van der Waals surface area contributed by atoms with Crippen LogP contribution in [0.25, 0.3) is 0 Å². The summed E-state index contributed by atoms with van der Waals surface area (Å²) in [7, 11) is 0. The minimum Gasteiger partial charge on any atom is -0.353 e. The van der Waals surface area contributed by atoms with Crippen LogP contribution in [-0.2, 0) is 16.1 Å². The molecular formula is C15H23N5O3. The van der Waals surface area contributed by atoms with E-state index in [0.717, 1.165) is 6.54 Å². The Morgan fingerprint density at radius 1 is 1.48 bits per heavy atom. The Morgan fingerprint density at radius 2 is 2.22 bits per heavy atom. The fourth-order valence-corrected chi connectivity index (χ4v) is 2.73. The number of aromatic amines is 1. The van der Waals surface area contributed by atoms with Crippen LogP contribution in [0.15, 0.2) is 10.9 Å². The van der Waals surface area contributed by atoms with Crippen LogP contribution in [0.4, 0.5) is 0 Å². The molecule has 0 aliphatic carbocycles. The van der Waals surface area contributed by atoms with Gasteiger partial charge in [-0.15, -0.1) is 0 Å². The van der Waals surface area contributed by atoms with Gasteiger partial charge in [0.15, 0.2) is 0 Å². The SMILES string of the molecule is Cc1nc(CNC(=O)CC2C(=O)NCCN2C(C)C)cc(=O)[nH]1. The van der Waals surface area contributed by atoms with E-state index in [9.17, 15) is 14.4 Å². The van der Waals surface area contributed by atoms with E-state index in [1.165, 1.54) is 6.07 Å². The maximum Gasteiger partial charge on any atom is 0.251 e. The molecule has 1 saturated heterocycles. The highest BCUT2D eigenvalue weighted by molar-refractivity contribution is 5.88. The quantitative estimate of drug-likeness (QED) is 0.664. The van der Waals surface area contributed by atoms with Gasteiger partial charge in [0.05, 0.1) is 24.7 Å². The molecule has 0 saturated carbocycles. The molecule has 2 rings (SSSR count). The minimum absolute atomic E-state index is 0.0895. The zero-order valence-corrected chi connectivity index (χ0v) is 13.7. The van der Waals surface area contributed by atoms with E-state index in [4.69, 9.17) is 0 Å². The number of hydrogen-bond donors (Lipinski definition) is 3. The number of nitrogens with zero attached hydrogens (tertiary/aromatic N) is 2. The Bertz CT molecular complexity index is 640. The van der Waals surface area contributed by atoms with E-state index < -0.39 is 6.04 Å². The van der Waals surface area contributed by atoms with Gasteiger partial charge in [-0.3, -0.25) is 19.3 Å². The van der Waals surface area contributed by atoms with Gasteiger partial charge in [0.1, 0.15) is 5.82 Å². The maximum absolute atomic E-state index is 12.1. The van der Waals surface area contributed by atoms with Gasteiger partial charge in [-0.1, -0.05) is 0 Å². The maximum atomic E-state index is 12.1. The largest absolute Gasteiger partial charge is 0.353 e. The van der Waals surface area contributed by atoms with E-state index in [2.05, 4.69) is 20.6 Å². The Labute approximate surface area is 134 Å². The summed E-state index contributed by atoms with van der Waals surface area (Å²) in [5.41, 5.74) is 0.243. The smallest absolute Gasteiger partial charge is 0.251 e. The summed E-state index contributed by atoms with van der Waals surface area (Å²) < 4.78 is 0. The zero-order valence-electron chi connectivity index (χ0n) is 13.7. The normalized spacial score (nSPS) is 18.8. The second-order valence-corrected chi connectivity index (χ2v) is 5.94. The molecule has 0 radical (unpaired) electrons. The number of aromatic nitrogens is 2. The van der Waals surface area contributed by atoms with Crippen LogP contribution in [0.5, 0.6) is 0 Å². The predicted octanol–water partition coefficient (Wildman–Crippen LogP) is -0.707. The molecule has 1 aliphatic rings. The molecule has 1 unspecified atom stereocenters. The lowest BCUT2D eigenvalue weighted by Gasteiger charge is -2.37. The van der Waals surface area contributed by atoms with Crippen LogP contribution in [0.2, 0.25) is 0 Å². The molecule has 3 N–H and O–H groups in total. The van der Waals surface area contributed by atoms with Gasteiger partial charge >= 0.3 is 0 Å². The first-order valence-corrected chi connectivity index (χ1v) is 7.74. The average molecular weight is 321 g/mol. The molecule has 2 heterocycles. The molecule has 1 aromatic heterocycles. The van der Waals surface area contributed by atoms with Crippen molar-refractivity contribution in [2.75, 3.05) is 13.1 Å². The molecule has 1 atom stereocenters. The van der Waals surface area contributed by atoms with Gasteiger partial charge in [0.2, 0.25) is 11.8 Å². The van der Waals surface area contributed by atoms with Crippen molar-refractivity contribution in [3.05, 3.63) is 27.9 Å². The number of piperazine rings is 1. The van der Waals surface area contributed by atoms with Crippen LogP contribution in [-0.4, -0.2) is 51.9 Å². The summed E-state index contributed by atoms with van der Waals surface area (Å²) in [5.74, 6) is 0.141. The molecular weight excluding hydrogens is 298 g/mol. The molecule has 1 aliphatic heterocycles. The second kappa shape index (κ2) is 7.36. The fourth-order valence-electron chi connectivity index (χ4n) is 2.73. The minimum atomic E-state index is -0.461. The van der Waals surface area contributed by atoms with E-state index in [0.29, 0.717) is 18.1 Å². The first-order valence-electron chi connectivity index (χ1n) is 7.74. The van der Waals surface area contributed by atoms with Gasteiger partial charge < -0.3 is 15.6 Å². The first-order chi connectivity index (χ1) is 10.9. The first kappa shape index (κ1) is 17.1. The van der Waals surface area contributed by atoms with Crippen LogP contribution >= 0.6 is 0 Å². The fraction of sp³-hybridized carbons (Fsp3) is 0.600. The van der Waals surface area contributed by atoms with E-state index in [1.54, 1.807) is 6.92 Å². The lowest BCUT2D eigenvalue weighted by molar-refractivity contribution is -0.134. The van der Waals surface area contributed by atoms with Crippen molar-refractivity contribution < 1.29 is 9.59 Å². The number of carbonyl (C=O) groups is 2. The van der Waals surface area contributed by atoms with Gasteiger partial charge in [-0.2, -0.15) is 0 Å². The number of rotatable bonds is 5. The monoisotopic (exact) mass is 321 g/mol. The molecule has 1 aromatic rings. The highest BCUT2D eigenvalue weighted by Crippen LogP contribution is 2.12. The molecule has 8 heteroatoms. The van der Waals surface area contributed by atoms with Crippen molar-refractivity contribution in [1.82, 2.24) is 25.5 Å². The zero-order chi connectivity index (χ0) is 17.0. The molecule has 0 bridgehead atoms. The van der Waals surface area contributed by atoms with E-state index in [-0.39, 0.29) is 36.4 Å². The Kier molecular flexibility index (Phi) is 5.49. The van der Waals surface area contributed by atoms with Gasteiger partial charge in [0, 0.05) is 25.2 Å². The van der Waals surface area contributed by atoms with Crippen LogP contribution < -0.4 is 16.2 Å². The van der Waals surface area contributed by atoms with Crippen LogP contribution in [0.1, 0.15) is 31.8 Å². The summed E-state index contributed by atoms with van der Waals surface area (Å²) in [5, 5.41) is 5.51. The van der Waals surface area contributed by atoms with Crippen molar-refractivity contribution >= 4 is 11.8 Å². The standard InChI is InChI=1S/C15H23N5O3/c1-9(2)20-5-4-16-15(23)12(20)7-13(21)17-8-11-6-14(22)19-10(3)18-11/h6,9,12H,4-5,7-8H2,1-3H3,(H,16,23)(H,17,21)(H,18,19,22). The highest BCUT2D eigenvalue weighted by atomic mass is 16.2. The van der Waals surface area contributed by atoms with Crippen molar-refractivity contribution in [3.63, 3.8) is 0 Å². The van der Waals surface area contributed by atoms with E-state index in [1.807, 2.05) is 18.7 Å². The third kappa shape index (κ3) is 4.62. The van der Waals surface area contributed by atoms with Crippen molar-refractivity contribution in [2.24, 2.45) is 0 Å². The third-order valence-corrected chi connectivity index (χ3v) is 3.79. The lowest BCUT2D eigenvalue weighted by Crippen LogP contribution is -2.58. The Hall–Kier alpha value is -2.22. The molecule has 8 nitrogen and oxygen atoms in total. The molecule has 2 amide bonds. The predicted molar refractivity (Wildman–Crippen MR) is 84.7 cm³/mol. The molecule has 0 aromatic carbocycles. The van der Waals surface area contributed by atoms with Gasteiger partial charge in [0.25, 0.3) is 5.56 Å². The van der Waals surface area contributed by atoms with Gasteiger partial charge in [-0.05, 0) is 20.8 Å². The third-order valence-electron chi connectivity index (χ3n) is 3.79. The Balaban J connectivity index is 1.95. The number of nitrogens with one attached hydrogen (secondary N) is 3. The van der Waals surface area contributed by atoms with E-state index >= 15 is 0 Å². The van der Waals surface area contributed by atoms with Crippen LogP contribution in [0, 0.1) is 6.92 Å². The lowest BCUT2D eigenvalue weighted by atomic mass is 10.1. The summed E-state index contributed by atoms with van der Waals surface area (Å²) in [6, 6.07) is 1.08. The molecule has 1 fully saturated rings. The van der Waals surface area contributed by atoms with Gasteiger partial charge in [-0.25, -0.2) is 4.98 Å². The molecule has 0 spiro atoms. The summed E-state index contributed by atoms with van der Waals surface area (Å²) in [6.07, 6.45) is 0.0895. The van der Waals surface area contributed by atoms with Crippen molar-refractivity contribution in [3.8, 4) is 0 Å². The number of aryl methyl sites for hydroxylation is 1. The number of H-pyrrole nitrogens is 1. The summed E-state index contributed by atoms with van der Waals surface area (Å²) >= 11 is 0. The van der Waals surface area contributed by atoms with Crippen molar-refractivity contribution in [1.29, 1.82) is 0 Å². The second-order valence-electron chi connectivity index (χ2n) is 5.94. The van der Waals surface area contributed by atoms with Crippen molar-refractivity contribution in [2.45, 2.75) is 45.8 Å². The average Bonchev–Trinajstić information content (AvgIpc) is 2.46. The highest BCUT2D eigenvalue weighted by Gasteiger charge is 2.32. The Morgan fingerprint density at radius 3 is 2.87 bits per heavy atom. The number of carbonyl (C=O) groups excluding carboxylic acids is 2. The van der Waals surface area contributed by atoms with Crippen LogP contribution in [0.3, 0.4) is 0 Å². The summed E-state index contributed by atoms with van der Waals surface area (Å²) in [6.45, 7) is 7.19. The molecule has 23 heavy (non-hydrogen) atoms. The molecule has 126 valence electrons. The number of hydrogen-bond acceptors (Lipinski definition) is 5. The topological polar surface area (TPSA) is 107 Å². The number of amides is 2.